The van der Waals surface area contributed by atoms with Crippen LogP contribution in [0.3, 0.4) is 0 Å². The van der Waals surface area contributed by atoms with Gasteiger partial charge in [0.2, 0.25) is 5.91 Å². The van der Waals surface area contributed by atoms with E-state index in [-0.39, 0.29) is 17.7 Å². The number of carbonyl (C=O) groups excluding carboxylic acids is 1. The lowest BCUT2D eigenvalue weighted by Gasteiger charge is -2.35. The molecule has 3 unspecified atom stereocenters. The molecular formula is C16H24N2O4. The van der Waals surface area contributed by atoms with Gasteiger partial charge >= 0.3 is 5.97 Å². The summed E-state index contributed by atoms with van der Waals surface area (Å²) in [6.07, 6.45) is 0.987. The number of aliphatic carboxylic acids is 1. The Morgan fingerprint density at radius 1 is 1.41 bits per heavy atom. The minimum Gasteiger partial charge on any atom is -0.481 e. The van der Waals surface area contributed by atoms with E-state index in [2.05, 4.69) is 5.16 Å². The molecule has 1 saturated heterocycles. The third-order valence-corrected chi connectivity index (χ3v) is 4.42. The molecule has 2 rings (SSSR count). The van der Waals surface area contributed by atoms with Crippen LogP contribution in [0.25, 0.3) is 0 Å². The van der Waals surface area contributed by atoms with Crippen LogP contribution >= 0.6 is 0 Å². The van der Waals surface area contributed by atoms with Crippen LogP contribution in [0.4, 0.5) is 0 Å². The van der Waals surface area contributed by atoms with Crippen LogP contribution in [-0.2, 0) is 9.59 Å². The number of aromatic nitrogens is 1. The van der Waals surface area contributed by atoms with Crippen molar-refractivity contribution >= 4 is 11.9 Å². The van der Waals surface area contributed by atoms with Crippen LogP contribution in [0.1, 0.15) is 49.6 Å². The van der Waals surface area contributed by atoms with Crippen molar-refractivity contribution in [1.29, 1.82) is 0 Å². The van der Waals surface area contributed by atoms with Gasteiger partial charge in [-0.2, -0.15) is 0 Å². The summed E-state index contributed by atoms with van der Waals surface area (Å²) in [5, 5.41) is 13.1. The quantitative estimate of drug-likeness (QED) is 0.923. The van der Waals surface area contributed by atoms with Crippen LogP contribution in [0.5, 0.6) is 0 Å². The van der Waals surface area contributed by atoms with E-state index in [0.29, 0.717) is 25.9 Å². The Morgan fingerprint density at radius 3 is 2.64 bits per heavy atom. The Bertz CT molecular complexity index is 547. The van der Waals surface area contributed by atoms with E-state index in [1.54, 1.807) is 4.90 Å². The summed E-state index contributed by atoms with van der Waals surface area (Å²) < 4.78 is 5.16. The second kappa shape index (κ2) is 6.50. The highest BCUT2D eigenvalue weighted by Gasteiger charge is 2.32. The first-order valence-corrected chi connectivity index (χ1v) is 7.73. The van der Waals surface area contributed by atoms with Crippen molar-refractivity contribution in [2.45, 2.75) is 46.5 Å². The standard InChI is InChI=1S/C16H24N2O4/c1-9-5-13(16(20)21)8-18(7-9)14(19)6-10(2)15-11(3)17-22-12(15)4/h9-10,13H,5-8H2,1-4H3,(H,20,21). The molecule has 0 radical (unpaired) electrons. The molecule has 0 spiro atoms. The number of aryl methyl sites for hydroxylation is 2. The lowest BCUT2D eigenvalue weighted by atomic mass is 9.89. The fraction of sp³-hybridized carbons (Fsp3) is 0.688. The molecule has 6 heteroatoms. The summed E-state index contributed by atoms with van der Waals surface area (Å²) in [7, 11) is 0. The number of carboxylic acid groups (broad SMARTS) is 1. The maximum Gasteiger partial charge on any atom is 0.308 e. The van der Waals surface area contributed by atoms with Crippen LogP contribution in [0, 0.1) is 25.7 Å². The second-order valence-electron chi connectivity index (χ2n) is 6.52. The molecule has 3 atom stereocenters. The molecule has 22 heavy (non-hydrogen) atoms. The summed E-state index contributed by atoms with van der Waals surface area (Å²) in [5.41, 5.74) is 1.79. The molecule has 1 amide bonds. The number of carbonyl (C=O) groups is 2. The molecule has 0 saturated carbocycles. The number of hydrogen-bond acceptors (Lipinski definition) is 4. The van der Waals surface area contributed by atoms with Gasteiger partial charge in [-0.25, -0.2) is 0 Å². The van der Waals surface area contributed by atoms with E-state index in [1.807, 2.05) is 27.7 Å². The number of carboxylic acids is 1. The SMILES string of the molecule is Cc1noc(C)c1C(C)CC(=O)N1CC(C)CC(C(=O)O)C1. The molecular weight excluding hydrogens is 284 g/mol. The summed E-state index contributed by atoms with van der Waals surface area (Å²) in [5.74, 6) is -0.295. The van der Waals surface area contributed by atoms with Crippen LogP contribution in [-0.4, -0.2) is 40.1 Å². The first-order chi connectivity index (χ1) is 10.3. The van der Waals surface area contributed by atoms with Gasteiger partial charge in [0, 0.05) is 25.1 Å². The molecule has 0 aromatic carbocycles. The summed E-state index contributed by atoms with van der Waals surface area (Å²) >= 11 is 0. The van der Waals surface area contributed by atoms with Gasteiger partial charge in [-0.3, -0.25) is 9.59 Å². The van der Waals surface area contributed by atoms with Crippen molar-refractivity contribution in [3.63, 3.8) is 0 Å². The van der Waals surface area contributed by atoms with Crippen molar-refractivity contribution in [2.75, 3.05) is 13.1 Å². The largest absolute Gasteiger partial charge is 0.481 e. The molecule has 122 valence electrons. The van der Waals surface area contributed by atoms with Crippen LogP contribution < -0.4 is 0 Å². The maximum absolute atomic E-state index is 12.5. The molecule has 0 bridgehead atoms. The predicted octanol–water partition coefficient (Wildman–Crippen LogP) is 2.35. The number of amides is 1. The van der Waals surface area contributed by atoms with Crippen molar-refractivity contribution in [3.8, 4) is 0 Å². The molecule has 1 aliphatic rings. The maximum atomic E-state index is 12.5. The predicted molar refractivity (Wildman–Crippen MR) is 80.5 cm³/mol. The van der Waals surface area contributed by atoms with Crippen molar-refractivity contribution in [1.82, 2.24) is 10.1 Å². The molecule has 2 heterocycles. The van der Waals surface area contributed by atoms with Crippen molar-refractivity contribution in [3.05, 3.63) is 17.0 Å². The Morgan fingerprint density at radius 2 is 2.09 bits per heavy atom. The van der Waals surface area contributed by atoms with E-state index >= 15 is 0 Å². The van der Waals surface area contributed by atoms with Gasteiger partial charge < -0.3 is 14.5 Å². The number of hydrogen-bond donors (Lipinski definition) is 1. The Balaban J connectivity index is 2.04. The highest BCUT2D eigenvalue weighted by molar-refractivity contribution is 5.79. The average molecular weight is 308 g/mol. The minimum atomic E-state index is -0.817. The normalized spacial score (nSPS) is 23.4. The fourth-order valence-corrected chi connectivity index (χ4v) is 3.42. The smallest absolute Gasteiger partial charge is 0.308 e. The van der Waals surface area contributed by atoms with E-state index < -0.39 is 11.9 Å². The fourth-order valence-electron chi connectivity index (χ4n) is 3.42. The number of likely N-dealkylation sites (tertiary alicyclic amines) is 1. The second-order valence-corrected chi connectivity index (χ2v) is 6.52. The monoisotopic (exact) mass is 308 g/mol. The van der Waals surface area contributed by atoms with Gasteiger partial charge in [-0.15, -0.1) is 0 Å². The van der Waals surface area contributed by atoms with Gasteiger partial charge in [0.1, 0.15) is 5.76 Å². The third-order valence-electron chi connectivity index (χ3n) is 4.42. The first kappa shape index (κ1) is 16.5. The van der Waals surface area contributed by atoms with Gasteiger partial charge in [0.25, 0.3) is 0 Å². The van der Waals surface area contributed by atoms with Gasteiger partial charge in [0.05, 0.1) is 11.6 Å². The van der Waals surface area contributed by atoms with E-state index in [9.17, 15) is 14.7 Å². The Labute approximate surface area is 130 Å². The molecule has 0 aliphatic carbocycles. The number of piperidine rings is 1. The lowest BCUT2D eigenvalue weighted by Crippen LogP contribution is -2.45. The van der Waals surface area contributed by atoms with E-state index in [4.69, 9.17) is 4.52 Å². The zero-order chi connectivity index (χ0) is 16.4. The van der Waals surface area contributed by atoms with Crippen LogP contribution in [0.2, 0.25) is 0 Å². The Hall–Kier alpha value is -1.85. The summed E-state index contributed by atoms with van der Waals surface area (Å²) in [6.45, 7) is 8.64. The lowest BCUT2D eigenvalue weighted by molar-refractivity contribution is -0.147. The highest BCUT2D eigenvalue weighted by atomic mass is 16.5. The van der Waals surface area contributed by atoms with Gasteiger partial charge in [-0.1, -0.05) is 19.0 Å². The molecule has 6 nitrogen and oxygen atoms in total. The third kappa shape index (κ3) is 3.48. The van der Waals surface area contributed by atoms with Gasteiger partial charge in [-0.05, 0) is 32.1 Å². The molecule has 1 N–H and O–H groups in total. The average Bonchev–Trinajstić information content (AvgIpc) is 2.77. The summed E-state index contributed by atoms with van der Waals surface area (Å²) in [4.78, 5) is 25.4. The number of rotatable bonds is 4. The van der Waals surface area contributed by atoms with Gasteiger partial charge in [0.15, 0.2) is 0 Å². The van der Waals surface area contributed by atoms with Crippen LogP contribution in [0.15, 0.2) is 4.52 Å². The zero-order valence-corrected chi connectivity index (χ0v) is 13.6. The number of nitrogens with zero attached hydrogens (tertiary/aromatic N) is 2. The van der Waals surface area contributed by atoms with E-state index in [0.717, 1.165) is 17.0 Å². The molecule has 1 fully saturated rings. The molecule has 1 aromatic rings. The molecule has 1 aliphatic heterocycles. The first-order valence-electron chi connectivity index (χ1n) is 7.73. The highest BCUT2D eigenvalue weighted by Crippen LogP contribution is 2.28. The molecule has 1 aromatic heterocycles. The zero-order valence-electron chi connectivity index (χ0n) is 13.6. The van der Waals surface area contributed by atoms with E-state index in [1.165, 1.54) is 0 Å². The Kier molecular flexibility index (Phi) is 4.88. The topological polar surface area (TPSA) is 83.6 Å². The summed E-state index contributed by atoms with van der Waals surface area (Å²) in [6, 6.07) is 0. The van der Waals surface area contributed by atoms with Crippen molar-refractivity contribution in [2.24, 2.45) is 11.8 Å². The minimum absolute atomic E-state index is 0.00491. The van der Waals surface area contributed by atoms with Crippen molar-refractivity contribution < 1.29 is 19.2 Å².